The summed E-state index contributed by atoms with van der Waals surface area (Å²) in [5.74, 6) is -0.436. The monoisotopic (exact) mass is 261 g/mol. The van der Waals surface area contributed by atoms with E-state index in [9.17, 15) is 4.79 Å². The van der Waals surface area contributed by atoms with E-state index in [1.165, 1.54) is 6.08 Å². The average Bonchev–Trinajstić information content (AvgIpc) is 2.38. The Morgan fingerprint density at radius 3 is 3.00 bits per heavy atom. The molecular weight excluding hydrogens is 250 g/mol. The SMILES string of the molecule is CCOC(=O)C=C(Cl)c1ccc2ccncc2c1. The second kappa shape index (κ2) is 5.65. The number of esters is 1. The number of rotatable bonds is 3. The molecule has 0 aliphatic heterocycles. The molecule has 0 unspecified atom stereocenters. The van der Waals surface area contributed by atoms with Crippen molar-refractivity contribution in [2.75, 3.05) is 6.61 Å². The Hall–Kier alpha value is -1.87. The Labute approximate surface area is 110 Å². The molecule has 0 amide bonds. The lowest BCUT2D eigenvalue weighted by molar-refractivity contribution is -0.137. The molecule has 0 aliphatic rings. The highest BCUT2D eigenvalue weighted by molar-refractivity contribution is 6.50. The summed E-state index contributed by atoms with van der Waals surface area (Å²) >= 11 is 6.08. The fourth-order valence-electron chi connectivity index (χ4n) is 1.60. The quantitative estimate of drug-likeness (QED) is 0.628. The Kier molecular flexibility index (Phi) is 3.95. The van der Waals surface area contributed by atoms with Gasteiger partial charge < -0.3 is 4.74 Å². The Morgan fingerprint density at radius 2 is 2.22 bits per heavy atom. The molecule has 4 heteroatoms. The van der Waals surface area contributed by atoms with E-state index in [-0.39, 0.29) is 0 Å². The summed E-state index contributed by atoms with van der Waals surface area (Å²) in [7, 11) is 0. The molecule has 18 heavy (non-hydrogen) atoms. The minimum absolute atomic E-state index is 0.334. The number of benzene rings is 1. The van der Waals surface area contributed by atoms with Gasteiger partial charge in [0.25, 0.3) is 0 Å². The summed E-state index contributed by atoms with van der Waals surface area (Å²) in [4.78, 5) is 15.3. The Bertz CT molecular complexity index is 608. The zero-order chi connectivity index (χ0) is 13.0. The molecule has 0 saturated carbocycles. The van der Waals surface area contributed by atoms with Gasteiger partial charge >= 0.3 is 5.97 Å². The first-order valence-corrected chi connectivity index (χ1v) is 5.96. The highest BCUT2D eigenvalue weighted by atomic mass is 35.5. The molecule has 3 nitrogen and oxygen atoms in total. The van der Waals surface area contributed by atoms with Gasteiger partial charge in [0.1, 0.15) is 0 Å². The van der Waals surface area contributed by atoms with E-state index in [2.05, 4.69) is 4.98 Å². The zero-order valence-electron chi connectivity index (χ0n) is 9.89. The van der Waals surface area contributed by atoms with E-state index in [0.717, 1.165) is 16.3 Å². The lowest BCUT2D eigenvalue weighted by Gasteiger charge is -2.02. The van der Waals surface area contributed by atoms with Crippen LogP contribution in [0, 0.1) is 0 Å². The third-order valence-corrected chi connectivity index (χ3v) is 2.77. The van der Waals surface area contributed by atoms with Gasteiger partial charge in [-0.3, -0.25) is 4.98 Å². The summed E-state index contributed by atoms with van der Waals surface area (Å²) in [5.41, 5.74) is 0.769. The van der Waals surface area contributed by atoms with Crippen molar-refractivity contribution in [2.45, 2.75) is 6.92 Å². The fraction of sp³-hybridized carbons (Fsp3) is 0.143. The largest absolute Gasteiger partial charge is 0.463 e. The van der Waals surface area contributed by atoms with Gasteiger partial charge in [-0.2, -0.15) is 0 Å². The van der Waals surface area contributed by atoms with Crippen LogP contribution in [0.15, 0.2) is 42.7 Å². The molecule has 2 aromatic rings. The molecule has 0 N–H and O–H groups in total. The topological polar surface area (TPSA) is 39.2 Å². The Morgan fingerprint density at radius 1 is 1.39 bits per heavy atom. The number of hydrogen-bond donors (Lipinski definition) is 0. The zero-order valence-corrected chi connectivity index (χ0v) is 10.6. The van der Waals surface area contributed by atoms with E-state index in [1.54, 1.807) is 19.3 Å². The summed E-state index contributed by atoms with van der Waals surface area (Å²) in [5, 5.41) is 2.42. The van der Waals surface area contributed by atoms with E-state index < -0.39 is 5.97 Å². The maximum atomic E-state index is 11.3. The van der Waals surface area contributed by atoms with Gasteiger partial charge in [0.2, 0.25) is 0 Å². The lowest BCUT2D eigenvalue weighted by Crippen LogP contribution is -1.99. The first-order chi connectivity index (χ1) is 8.70. The third kappa shape index (κ3) is 2.87. The molecule has 0 radical (unpaired) electrons. The molecule has 0 atom stereocenters. The predicted octanol–water partition coefficient (Wildman–Crippen LogP) is 3.38. The molecule has 1 aromatic carbocycles. The van der Waals surface area contributed by atoms with Gasteiger partial charge in [-0.05, 0) is 30.0 Å². The number of carbonyl (C=O) groups excluding carboxylic acids is 1. The molecule has 0 fully saturated rings. The first-order valence-electron chi connectivity index (χ1n) is 5.59. The maximum absolute atomic E-state index is 11.3. The highest BCUT2D eigenvalue weighted by Crippen LogP contribution is 2.23. The number of pyridine rings is 1. The van der Waals surface area contributed by atoms with Crippen molar-refractivity contribution in [1.29, 1.82) is 0 Å². The average molecular weight is 262 g/mol. The van der Waals surface area contributed by atoms with Crippen molar-refractivity contribution in [3.05, 3.63) is 48.3 Å². The highest BCUT2D eigenvalue weighted by Gasteiger charge is 2.04. The third-order valence-electron chi connectivity index (χ3n) is 2.45. The van der Waals surface area contributed by atoms with E-state index in [0.29, 0.717) is 11.6 Å². The van der Waals surface area contributed by atoms with Crippen molar-refractivity contribution < 1.29 is 9.53 Å². The molecule has 1 heterocycles. The first kappa shape index (κ1) is 12.6. The van der Waals surface area contributed by atoms with Crippen LogP contribution in [0.4, 0.5) is 0 Å². The van der Waals surface area contributed by atoms with E-state index >= 15 is 0 Å². The number of nitrogens with zero attached hydrogens (tertiary/aromatic N) is 1. The molecule has 0 saturated heterocycles. The van der Waals surface area contributed by atoms with Crippen LogP contribution >= 0.6 is 11.6 Å². The molecule has 2 rings (SSSR count). The van der Waals surface area contributed by atoms with Gasteiger partial charge in [-0.15, -0.1) is 0 Å². The number of carbonyl (C=O) groups is 1. The van der Waals surface area contributed by atoms with Gasteiger partial charge in [-0.1, -0.05) is 23.7 Å². The number of fused-ring (bicyclic) bond motifs is 1. The summed E-state index contributed by atoms with van der Waals surface area (Å²) in [6.07, 6.45) is 4.77. The summed E-state index contributed by atoms with van der Waals surface area (Å²) < 4.78 is 4.81. The van der Waals surface area contributed by atoms with Crippen molar-refractivity contribution in [2.24, 2.45) is 0 Å². The normalized spacial score (nSPS) is 11.6. The van der Waals surface area contributed by atoms with Crippen LogP contribution in [0.1, 0.15) is 12.5 Å². The van der Waals surface area contributed by atoms with Gasteiger partial charge in [0.05, 0.1) is 11.6 Å². The standard InChI is InChI=1S/C14H12ClNO2/c1-2-18-14(17)8-13(15)11-4-3-10-5-6-16-9-12(10)7-11/h3-9H,2H2,1H3. The molecule has 0 aliphatic carbocycles. The van der Waals surface area contributed by atoms with Crippen LogP contribution in [0.3, 0.4) is 0 Å². The van der Waals surface area contributed by atoms with Gasteiger partial charge in [0, 0.05) is 23.9 Å². The van der Waals surface area contributed by atoms with Crippen LogP contribution in [0.5, 0.6) is 0 Å². The predicted molar refractivity (Wildman–Crippen MR) is 72.2 cm³/mol. The maximum Gasteiger partial charge on any atom is 0.332 e. The molecular formula is C14H12ClNO2. The van der Waals surface area contributed by atoms with Crippen LogP contribution < -0.4 is 0 Å². The molecule has 1 aromatic heterocycles. The Balaban J connectivity index is 2.33. The fourth-order valence-corrected chi connectivity index (χ4v) is 1.81. The number of ether oxygens (including phenoxy) is 1. The molecule has 0 bridgehead atoms. The number of hydrogen-bond acceptors (Lipinski definition) is 3. The van der Waals surface area contributed by atoms with Gasteiger partial charge in [-0.25, -0.2) is 4.79 Å². The summed E-state index contributed by atoms with van der Waals surface area (Å²) in [6.45, 7) is 2.09. The minimum Gasteiger partial charge on any atom is -0.463 e. The molecule has 0 spiro atoms. The smallest absolute Gasteiger partial charge is 0.332 e. The molecule has 92 valence electrons. The van der Waals surface area contributed by atoms with Crippen LogP contribution in [-0.2, 0) is 9.53 Å². The van der Waals surface area contributed by atoms with Crippen molar-refractivity contribution in [3.63, 3.8) is 0 Å². The van der Waals surface area contributed by atoms with Crippen LogP contribution in [0.2, 0.25) is 0 Å². The summed E-state index contributed by atoms with van der Waals surface area (Å²) in [6, 6.07) is 7.61. The van der Waals surface area contributed by atoms with E-state index in [4.69, 9.17) is 16.3 Å². The second-order valence-electron chi connectivity index (χ2n) is 3.68. The van der Waals surface area contributed by atoms with Gasteiger partial charge in [0.15, 0.2) is 0 Å². The van der Waals surface area contributed by atoms with Crippen molar-refractivity contribution >= 4 is 33.4 Å². The van der Waals surface area contributed by atoms with Crippen LogP contribution in [0.25, 0.3) is 15.8 Å². The van der Waals surface area contributed by atoms with E-state index in [1.807, 2.05) is 24.3 Å². The minimum atomic E-state index is -0.436. The second-order valence-corrected chi connectivity index (χ2v) is 4.09. The lowest BCUT2D eigenvalue weighted by atomic mass is 10.1. The van der Waals surface area contributed by atoms with Crippen molar-refractivity contribution in [3.8, 4) is 0 Å². The van der Waals surface area contributed by atoms with Crippen LogP contribution in [-0.4, -0.2) is 17.6 Å². The number of halogens is 1. The number of aromatic nitrogens is 1. The van der Waals surface area contributed by atoms with Crippen molar-refractivity contribution in [1.82, 2.24) is 4.98 Å².